The van der Waals surface area contributed by atoms with Crippen LogP contribution in [0.1, 0.15) is 46.6 Å². The van der Waals surface area contributed by atoms with Crippen LogP contribution in [-0.4, -0.2) is 41.5 Å². The SMILES string of the molecule is CC[C@H](C)NC[C@@H](O)[C@H](Cc1ccccc1)NC(=O)OC(C)(C)C. The summed E-state index contributed by atoms with van der Waals surface area (Å²) in [5, 5.41) is 16.6. The van der Waals surface area contributed by atoms with Crippen molar-refractivity contribution in [2.75, 3.05) is 6.54 Å². The number of carbonyl (C=O) groups excluding carboxylic acids is 1. The molecule has 24 heavy (non-hydrogen) atoms. The molecule has 3 N–H and O–H groups in total. The normalized spacial score (nSPS) is 15.4. The van der Waals surface area contributed by atoms with Gasteiger partial charge in [0.15, 0.2) is 0 Å². The summed E-state index contributed by atoms with van der Waals surface area (Å²) in [4.78, 5) is 12.1. The number of alkyl carbamates (subject to hydrolysis) is 1. The van der Waals surface area contributed by atoms with Crippen molar-refractivity contribution in [3.63, 3.8) is 0 Å². The highest BCUT2D eigenvalue weighted by Gasteiger charge is 2.25. The lowest BCUT2D eigenvalue weighted by molar-refractivity contribution is 0.0420. The van der Waals surface area contributed by atoms with Gasteiger partial charge in [-0.3, -0.25) is 0 Å². The highest BCUT2D eigenvalue weighted by atomic mass is 16.6. The fraction of sp³-hybridized carbons (Fsp3) is 0.632. The molecule has 136 valence electrons. The Morgan fingerprint density at radius 3 is 2.42 bits per heavy atom. The number of ether oxygens (including phenoxy) is 1. The van der Waals surface area contributed by atoms with Crippen LogP contribution in [0.15, 0.2) is 30.3 Å². The molecular formula is C19H32N2O3. The topological polar surface area (TPSA) is 70.6 Å². The molecule has 0 saturated carbocycles. The number of hydrogen-bond acceptors (Lipinski definition) is 4. The van der Waals surface area contributed by atoms with Gasteiger partial charge in [0, 0.05) is 12.6 Å². The smallest absolute Gasteiger partial charge is 0.407 e. The van der Waals surface area contributed by atoms with Crippen LogP contribution < -0.4 is 10.6 Å². The van der Waals surface area contributed by atoms with Crippen molar-refractivity contribution in [1.29, 1.82) is 0 Å². The zero-order chi connectivity index (χ0) is 18.2. The van der Waals surface area contributed by atoms with Crippen LogP contribution in [0.25, 0.3) is 0 Å². The van der Waals surface area contributed by atoms with Crippen molar-refractivity contribution in [3.05, 3.63) is 35.9 Å². The van der Waals surface area contributed by atoms with Crippen molar-refractivity contribution >= 4 is 6.09 Å². The van der Waals surface area contributed by atoms with Crippen LogP contribution in [-0.2, 0) is 11.2 Å². The van der Waals surface area contributed by atoms with Gasteiger partial charge in [0.1, 0.15) is 5.60 Å². The summed E-state index contributed by atoms with van der Waals surface area (Å²) in [6, 6.07) is 9.71. The molecule has 0 heterocycles. The molecular weight excluding hydrogens is 304 g/mol. The zero-order valence-corrected chi connectivity index (χ0v) is 15.5. The molecule has 0 saturated heterocycles. The number of hydrogen-bond donors (Lipinski definition) is 3. The van der Waals surface area contributed by atoms with E-state index in [1.807, 2.05) is 51.1 Å². The largest absolute Gasteiger partial charge is 0.444 e. The van der Waals surface area contributed by atoms with E-state index in [0.717, 1.165) is 12.0 Å². The summed E-state index contributed by atoms with van der Waals surface area (Å²) in [5.74, 6) is 0. The number of amides is 1. The fourth-order valence-electron chi connectivity index (χ4n) is 2.22. The first kappa shape index (κ1) is 20.5. The fourth-order valence-corrected chi connectivity index (χ4v) is 2.22. The van der Waals surface area contributed by atoms with Crippen LogP contribution in [0.5, 0.6) is 0 Å². The van der Waals surface area contributed by atoms with E-state index in [2.05, 4.69) is 24.5 Å². The van der Waals surface area contributed by atoms with Gasteiger partial charge in [-0.1, -0.05) is 37.3 Å². The first-order valence-electron chi connectivity index (χ1n) is 8.66. The molecule has 0 radical (unpaired) electrons. The molecule has 1 aromatic rings. The molecule has 0 spiro atoms. The Morgan fingerprint density at radius 1 is 1.25 bits per heavy atom. The Kier molecular flexibility index (Phi) is 8.22. The van der Waals surface area contributed by atoms with Crippen molar-refractivity contribution in [2.45, 2.75) is 71.2 Å². The second-order valence-corrected chi connectivity index (χ2v) is 7.23. The summed E-state index contributed by atoms with van der Waals surface area (Å²) in [6.07, 6.45) is 0.316. The van der Waals surface area contributed by atoms with Gasteiger partial charge in [-0.15, -0.1) is 0 Å². The van der Waals surface area contributed by atoms with Crippen LogP contribution in [0, 0.1) is 0 Å². The molecule has 1 rings (SSSR count). The van der Waals surface area contributed by atoms with Crippen LogP contribution in [0.2, 0.25) is 0 Å². The molecule has 0 aromatic heterocycles. The third-order valence-electron chi connectivity index (χ3n) is 3.75. The first-order valence-corrected chi connectivity index (χ1v) is 8.66. The number of aliphatic hydroxyl groups excluding tert-OH is 1. The van der Waals surface area contributed by atoms with Crippen molar-refractivity contribution < 1.29 is 14.6 Å². The molecule has 0 unspecified atom stereocenters. The molecule has 0 aliphatic carbocycles. The van der Waals surface area contributed by atoms with Crippen molar-refractivity contribution in [1.82, 2.24) is 10.6 Å². The minimum absolute atomic E-state index is 0.318. The first-order chi connectivity index (χ1) is 11.2. The number of benzene rings is 1. The molecule has 0 aliphatic heterocycles. The molecule has 5 heteroatoms. The molecule has 1 amide bonds. The van der Waals surface area contributed by atoms with Crippen molar-refractivity contribution in [3.8, 4) is 0 Å². The Balaban J connectivity index is 2.72. The summed E-state index contributed by atoms with van der Waals surface area (Å²) < 4.78 is 5.32. The Hall–Kier alpha value is -1.59. The van der Waals surface area contributed by atoms with E-state index in [0.29, 0.717) is 19.0 Å². The standard InChI is InChI=1S/C19H32N2O3/c1-6-14(2)20-13-17(22)16(12-15-10-8-7-9-11-15)21-18(23)24-19(3,4)5/h7-11,14,16-17,20,22H,6,12-13H2,1-5H3,(H,21,23)/t14-,16-,17+/m0/s1. The summed E-state index contributed by atoms with van der Waals surface area (Å²) in [5.41, 5.74) is 0.488. The number of nitrogens with one attached hydrogen (secondary N) is 2. The highest BCUT2D eigenvalue weighted by Crippen LogP contribution is 2.10. The minimum atomic E-state index is -0.702. The lowest BCUT2D eigenvalue weighted by Crippen LogP contribution is -2.50. The van der Waals surface area contributed by atoms with Gasteiger partial charge in [-0.25, -0.2) is 4.79 Å². The Morgan fingerprint density at radius 2 is 1.88 bits per heavy atom. The monoisotopic (exact) mass is 336 g/mol. The van der Waals surface area contributed by atoms with Crippen LogP contribution in [0.4, 0.5) is 4.79 Å². The number of aliphatic hydroxyl groups is 1. The van der Waals surface area contributed by atoms with Gasteiger partial charge in [0.2, 0.25) is 0 Å². The predicted octanol–water partition coefficient (Wildman–Crippen LogP) is 2.87. The second kappa shape index (κ2) is 9.64. The van der Waals surface area contributed by atoms with Gasteiger partial charge < -0.3 is 20.5 Å². The third kappa shape index (κ3) is 8.31. The molecule has 3 atom stereocenters. The van der Waals surface area contributed by atoms with Crippen molar-refractivity contribution in [2.24, 2.45) is 0 Å². The molecule has 5 nitrogen and oxygen atoms in total. The van der Waals surface area contributed by atoms with Gasteiger partial charge in [-0.05, 0) is 46.1 Å². The highest BCUT2D eigenvalue weighted by molar-refractivity contribution is 5.68. The van der Waals surface area contributed by atoms with Crippen LogP contribution in [0.3, 0.4) is 0 Å². The Labute approximate surface area is 145 Å². The summed E-state index contributed by atoms with van der Waals surface area (Å²) in [7, 11) is 0. The molecule has 1 aromatic carbocycles. The van der Waals surface area contributed by atoms with Crippen LogP contribution >= 0.6 is 0 Å². The maximum absolute atomic E-state index is 12.1. The number of rotatable bonds is 8. The third-order valence-corrected chi connectivity index (χ3v) is 3.75. The lowest BCUT2D eigenvalue weighted by Gasteiger charge is -2.27. The van der Waals surface area contributed by atoms with E-state index in [1.54, 1.807) is 0 Å². The van der Waals surface area contributed by atoms with Gasteiger partial charge in [0.05, 0.1) is 12.1 Å². The summed E-state index contributed by atoms with van der Waals surface area (Å²) >= 11 is 0. The van der Waals surface area contributed by atoms with Gasteiger partial charge in [-0.2, -0.15) is 0 Å². The van der Waals surface area contributed by atoms with E-state index in [4.69, 9.17) is 4.74 Å². The Bertz CT molecular complexity index is 485. The average molecular weight is 336 g/mol. The lowest BCUT2D eigenvalue weighted by atomic mass is 10.0. The molecule has 0 bridgehead atoms. The van der Waals surface area contributed by atoms with E-state index in [1.165, 1.54) is 0 Å². The second-order valence-electron chi connectivity index (χ2n) is 7.23. The maximum Gasteiger partial charge on any atom is 0.407 e. The zero-order valence-electron chi connectivity index (χ0n) is 15.5. The maximum atomic E-state index is 12.1. The molecule has 0 aliphatic rings. The minimum Gasteiger partial charge on any atom is -0.444 e. The predicted molar refractivity (Wildman–Crippen MR) is 97.1 cm³/mol. The summed E-state index contributed by atoms with van der Waals surface area (Å²) in [6.45, 7) is 10.0. The average Bonchev–Trinajstić information content (AvgIpc) is 2.50. The van der Waals surface area contributed by atoms with Gasteiger partial charge >= 0.3 is 6.09 Å². The van der Waals surface area contributed by atoms with E-state index in [9.17, 15) is 9.90 Å². The van der Waals surface area contributed by atoms with E-state index >= 15 is 0 Å². The number of carbonyl (C=O) groups is 1. The van der Waals surface area contributed by atoms with E-state index in [-0.39, 0.29) is 0 Å². The van der Waals surface area contributed by atoms with Gasteiger partial charge in [0.25, 0.3) is 0 Å². The van der Waals surface area contributed by atoms with E-state index < -0.39 is 23.8 Å². The quantitative estimate of drug-likeness (QED) is 0.683. The molecule has 0 fully saturated rings.